The van der Waals surface area contributed by atoms with Gasteiger partial charge in [0.1, 0.15) is 5.82 Å². The minimum atomic E-state index is -3.88. The lowest BCUT2D eigenvalue weighted by Crippen LogP contribution is -2.29. The zero-order valence-electron chi connectivity index (χ0n) is 17.7. The third-order valence-electron chi connectivity index (χ3n) is 6.22. The van der Waals surface area contributed by atoms with Crippen molar-refractivity contribution in [3.8, 4) is 5.88 Å². The predicted octanol–water partition coefficient (Wildman–Crippen LogP) is 2.49. The van der Waals surface area contributed by atoms with E-state index in [0.717, 1.165) is 30.9 Å². The van der Waals surface area contributed by atoms with Crippen LogP contribution in [-0.2, 0) is 46.9 Å². The molecule has 0 saturated carbocycles. The number of amides is 2. The summed E-state index contributed by atoms with van der Waals surface area (Å²) in [5.41, 5.74) is 3.34. The van der Waals surface area contributed by atoms with E-state index in [4.69, 9.17) is 9.52 Å². The van der Waals surface area contributed by atoms with Crippen LogP contribution < -0.4 is 14.8 Å². The van der Waals surface area contributed by atoms with Crippen molar-refractivity contribution in [2.45, 2.75) is 63.3 Å². The molecule has 2 heterocycles. The van der Waals surface area contributed by atoms with Crippen LogP contribution in [0, 0.1) is 10.6 Å². The molecule has 3 N–H and O–H groups in total. The molecule has 1 aliphatic heterocycles. The predicted molar refractivity (Wildman–Crippen MR) is 114 cm³/mol. The number of hydrogen-bond donors (Lipinski definition) is 3. The van der Waals surface area contributed by atoms with Gasteiger partial charge in [-0.2, -0.15) is 5.10 Å². The lowest BCUT2D eigenvalue weighted by Gasteiger charge is -2.18. The van der Waals surface area contributed by atoms with Gasteiger partial charge in [-0.3, -0.25) is 14.3 Å². The normalized spacial score (nSPS) is 18.2. The van der Waals surface area contributed by atoms with Crippen molar-refractivity contribution in [2.75, 3.05) is 11.9 Å². The summed E-state index contributed by atoms with van der Waals surface area (Å²) in [6.45, 7) is 1.91. The van der Waals surface area contributed by atoms with Gasteiger partial charge in [0.15, 0.2) is 20.5 Å². The van der Waals surface area contributed by atoms with E-state index in [1.165, 1.54) is 4.68 Å². The van der Waals surface area contributed by atoms with Crippen LogP contribution in [0.15, 0.2) is 4.90 Å². The number of nitrogens with zero attached hydrogens (tertiary/aromatic N) is 2. The molecule has 0 saturated heterocycles. The van der Waals surface area contributed by atoms with Gasteiger partial charge in [-0.1, -0.05) is 0 Å². The van der Waals surface area contributed by atoms with E-state index < -0.39 is 21.7 Å². The molecule has 0 bridgehead atoms. The van der Waals surface area contributed by atoms with Crippen LogP contribution in [0.3, 0.4) is 0 Å². The summed E-state index contributed by atoms with van der Waals surface area (Å²) >= 11 is 0. The molecule has 1 aromatic carbocycles. The number of nitrogens with one attached hydrogen (secondary N) is 3. The van der Waals surface area contributed by atoms with E-state index in [1.54, 1.807) is 0 Å². The molecule has 5 rings (SSSR count). The molecule has 2 aliphatic carbocycles. The third-order valence-corrected chi connectivity index (χ3v) is 7.73. The van der Waals surface area contributed by atoms with E-state index in [9.17, 15) is 18.2 Å². The number of benzene rings is 1. The second-order valence-corrected chi connectivity index (χ2v) is 10.1. The Hall–Kier alpha value is -2.95. The summed E-state index contributed by atoms with van der Waals surface area (Å²) in [6, 6.07) is 0. The Morgan fingerprint density at radius 1 is 1.09 bits per heavy atom. The fraction of sp³-hybridized carbons (Fsp3) is 0.476. The fourth-order valence-corrected chi connectivity index (χ4v) is 6.30. The molecule has 1 unspecified atom stereocenters. The standard InChI is InChI=1S/C21H24FN5O4S/c1-11(28)26-32(23,30)19-18(25-27-9-4-10-31-21(19)27)20(29)24-17-14-7-2-5-12(14)16(22)13-6-3-8-15(13)17/h2-10H2,1H3,(H,24,29)(H2,23,26,28,30). The molecule has 0 fully saturated rings. The highest BCUT2D eigenvalue weighted by molar-refractivity contribution is 7.91. The van der Waals surface area contributed by atoms with Gasteiger partial charge in [0, 0.05) is 25.6 Å². The van der Waals surface area contributed by atoms with Crippen LogP contribution in [0.25, 0.3) is 0 Å². The molecule has 0 spiro atoms. The second kappa shape index (κ2) is 7.58. The van der Waals surface area contributed by atoms with Gasteiger partial charge in [0.2, 0.25) is 11.8 Å². The number of ether oxygens (including phenoxy) is 1. The number of carbonyl (C=O) groups excluding carboxylic acids is 2. The Morgan fingerprint density at radius 2 is 1.72 bits per heavy atom. The minimum Gasteiger partial charge on any atom is -0.477 e. The first-order chi connectivity index (χ1) is 15.3. The van der Waals surface area contributed by atoms with E-state index in [-0.39, 0.29) is 22.3 Å². The van der Waals surface area contributed by atoms with E-state index in [2.05, 4.69) is 15.1 Å². The van der Waals surface area contributed by atoms with Crippen molar-refractivity contribution in [1.82, 2.24) is 14.5 Å². The van der Waals surface area contributed by atoms with Crippen LogP contribution in [0.2, 0.25) is 0 Å². The Morgan fingerprint density at radius 3 is 2.34 bits per heavy atom. The average molecular weight is 462 g/mol. The molecule has 1 aromatic heterocycles. The average Bonchev–Trinajstić information content (AvgIpc) is 3.47. The number of aryl methyl sites for hydroxylation is 1. The number of anilines is 1. The highest BCUT2D eigenvalue weighted by atomic mass is 32.2. The minimum absolute atomic E-state index is 0.0599. The molecule has 1 atom stereocenters. The molecule has 170 valence electrons. The SMILES string of the molecule is CC(=O)NS(=N)(=O)c1c(C(=O)Nc2c3c(c(F)c4c2CCC4)CCC3)nn2c1OCCC2. The van der Waals surface area contributed by atoms with Gasteiger partial charge in [-0.25, -0.2) is 18.1 Å². The molecule has 9 nitrogen and oxygen atoms in total. The zero-order chi connectivity index (χ0) is 22.6. The molecule has 11 heteroatoms. The second-order valence-electron chi connectivity index (χ2n) is 8.39. The van der Waals surface area contributed by atoms with E-state index in [1.807, 2.05) is 0 Å². The Balaban J connectivity index is 1.60. The topological polar surface area (TPSA) is 126 Å². The van der Waals surface area contributed by atoms with Crippen LogP contribution >= 0.6 is 0 Å². The molecule has 0 radical (unpaired) electrons. The van der Waals surface area contributed by atoms with E-state index in [0.29, 0.717) is 62.1 Å². The van der Waals surface area contributed by atoms with Crippen molar-refractivity contribution in [2.24, 2.45) is 0 Å². The summed E-state index contributed by atoms with van der Waals surface area (Å²) < 4.78 is 45.4. The maximum atomic E-state index is 15.0. The monoisotopic (exact) mass is 461 g/mol. The highest BCUT2D eigenvalue weighted by Crippen LogP contribution is 2.41. The maximum absolute atomic E-state index is 15.0. The van der Waals surface area contributed by atoms with Crippen LogP contribution in [0.4, 0.5) is 10.1 Å². The van der Waals surface area contributed by atoms with Crippen molar-refractivity contribution >= 4 is 27.4 Å². The quantitative estimate of drug-likeness (QED) is 0.645. The Bertz CT molecular complexity index is 1230. The summed E-state index contributed by atoms with van der Waals surface area (Å²) in [6.07, 6.45) is 4.90. The number of halogens is 1. The molecular weight excluding hydrogens is 437 g/mol. The van der Waals surface area contributed by atoms with Crippen LogP contribution in [0.1, 0.15) is 58.9 Å². The van der Waals surface area contributed by atoms with Gasteiger partial charge in [0.25, 0.3) is 5.91 Å². The Kier molecular flexibility index (Phi) is 4.95. The number of rotatable bonds is 4. The molecule has 2 amide bonds. The summed E-state index contributed by atoms with van der Waals surface area (Å²) in [4.78, 5) is 24.7. The van der Waals surface area contributed by atoms with Gasteiger partial charge in [-0.05, 0) is 60.8 Å². The van der Waals surface area contributed by atoms with Gasteiger partial charge < -0.3 is 10.1 Å². The first-order valence-electron chi connectivity index (χ1n) is 10.7. The van der Waals surface area contributed by atoms with Gasteiger partial charge in [-0.15, -0.1) is 0 Å². The number of hydrogen-bond acceptors (Lipinski definition) is 6. The van der Waals surface area contributed by atoms with E-state index >= 15 is 0 Å². The van der Waals surface area contributed by atoms with Crippen LogP contribution in [-0.4, -0.2) is 32.4 Å². The summed E-state index contributed by atoms with van der Waals surface area (Å²) in [5, 5.41) is 7.18. The largest absolute Gasteiger partial charge is 0.477 e. The third kappa shape index (κ3) is 3.26. The first kappa shape index (κ1) is 20.9. The zero-order valence-corrected chi connectivity index (χ0v) is 18.5. The molecule has 32 heavy (non-hydrogen) atoms. The molecule has 2 aromatic rings. The number of aromatic nitrogens is 2. The fourth-order valence-electron chi connectivity index (χ4n) is 4.98. The molecule has 3 aliphatic rings. The van der Waals surface area contributed by atoms with Crippen molar-refractivity contribution in [1.29, 1.82) is 4.78 Å². The number of carbonyl (C=O) groups is 2. The van der Waals surface area contributed by atoms with Crippen molar-refractivity contribution < 1.29 is 22.9 Å². The lowest BCUT2D eigenvalue weighted by molar-refractivity contribution is -0.117. The Labute approximate surface area is 184 Å². The molecular formula is C21H24FN5O4S. The first-order valence-corrected chi connectivity index (χ1v) is 12.3. The lowest BCUT2D eigenvalue weighted by atomic mass is 9.97. The highest BCUT2D eigenvalue weighted by Gasteiger charge is 2.35. The van der Waals surface area contributed by atoms with Crippen molar-refractivity contribution in [3.05, 3.63) is 33.8 Å². The van der Waals surface area contributed by atoms with Crippen molar-refractivity contribution in [3.63, 3.8) is 0 Å². The van der Waals surface area contributed by atoms with Gasteiger partial charge in [0.05, 0.1) is 6.61 Å². The summed E-state index contributed by atoms with van der Waals surface area (Å²) in [5.74, 6) is -1.40. The van der Waals surface area contributed by atoms with Crippen LogP contribution in [0.5, 0.6) is 5.88 Å². The summed E-state index contributed by atoms with van der Waals surface area (Å²) in [7, 11) is -3.88. The maximum Gasteiger partial charge on any atom is 0.277 e. The smallest absolute Gasteiger partial charge is 0.277 e. The number of fused-ring (bicyclic) bond motifs is 3. The van der Waals surface area contributed by atoms with Gasteiger partial charge >= 0.3 is 0 Å².